The van der Waals surface area contributed by atoms with Crippen molar-refractivity contribution in [3.63, 3.8) is 0 Å². The molecule has 1 rings (SSSR count). The van der Waals surface area contributed by atoms with Crippen molar-refractivity contribution < 1.29 is 24.2 Å². The highest BCUT2D eigenvalue weighted by Crippen LogP contribution is 2.31. The van der Waals surface area contributed by atoms with Gasteiger partial charge >= 0.3 is 5.97 Å². The van der Waals surface area contributed by atoms with Gasteiger partial charge in [-0.2, -0.15) is 0 Å². The largest absolute Gasteiger partial charge is 0.493 e. The predicted octanol–water partition coefficient (Wildman–Crippen LogP) is 0.648. The molecule has 0 heterocycles. The van der Waals surface area contributed by atoms with Gasteiger partial charge < -0.3 is 20.3 Å². The van der Waals surface area contributed by atoms with Gasteiger partial charge in [0.1, 0.15) is 5.56 Å². The lowest BCUT2D eigenvalue weighted by Crippen LogP contribution is -2.15. The highest BCUT2D eigenvalue weighted by Gasteiger charge is 2.16. The van der Waals surface area contributed by atoms with E-state index < -0.39 is 11.9 Å². The first-order valence-electron chi connectivity index (χ1n) is 4.87. The summed E-state index contributed by atoms with van der Waals surface area (Å²) < 4.78 is 10.2. The van der Waals surface area contributed by atoms with E-state index in [1.165, 1.54) is 13.2 Å². The summed E-state index contributed by atoms with van der Waals surface area (Å²) in [6.45, 7) is 0.00991. The summed E-state index contributed by atoms with van der Waals surface area (Å²) in [5.41, 5.74) is 4.94. The van der Waals surface area contributed by atoms with Gasteiger partial charge in [0, 0.05) is 0 Å². The van der Waals surface area contributed by atoms with Crippen LogP contribution in [0.2, 0.25) is 0 Å². The number of ether oxygens (including phenoxy) is 2. The summed E-state index contributed by atoms with van der Waals surface area (Å²) in [5, 5.41) is 8.97. The smallest absolute Gasteiger partial charge is 0.339 e. The summed E-state index contributed by atoms with van der Waals surface area (Å²) in [5.74, 6) is -1.24. The van der Waals surface area contributed by atoms with Crippen LogP contribution in [0.4, 0.5) is 0 Å². The lowest BCUT2D eigenvalue weighted by atomic mass is 10.2. The maximum absolute atomic E-state index is 11.0. The Morgan fingerprint density at radius 1 is 1.41 bits per heavy atom. The number of rotatable bonds is 6. The summed E-state index contributed by atoms with van der Waals surface area (Å²) in [6.07, 6.45) is 0.0110. The molecule has 0 aliphatic rings. The predicted molar refractivity (Wildman–Crippen MR) is 59.3 cm³/mol. The summed E-state index contributed by atoms with van der Waals surface area (Å²) in [6, 6.07) is 4.51. The number of carboxylic acid groups (broad SMARTS) is 1. The van der Waals surface area contributed by atoms with Crippen LogP contribution in [-0.2, 0) is 4.79 Å². The van der Waals surface area contributed by atoms with E-state index in [2.05, 4.69) is 0 Å². The maximum Gasteiger partial charge on any atom is 0.339 e. The van der Waals surface area contributed by atoms with Gasteiger partial charge in [0.15, 0.2) is 11.5 Å². The number of hydrogen-bond donors (Lipinski definition) is 2. The molecule has 92 valence electrons. The number of methoxy groups -OCH3 is 1. The van der Waals surface area contributed by atoms with Crippen LogP contribution in [0.3, 0.4) is 0 Å². The summed E-state index contributed by atoms with van der Waals surface area (Å²) in [7, 11) is 1.40. The number of aromatic carboxylic acids is 1. The monoisotopic (exact) mass is 239 g/mol. The number of carbonyl (C=O) groups is 2. The normalized spacial score (nSPS) is 9.71. The van der Waals surface area contributed by atoms with Crippen molar-refractivity contribution in [3.8, 4) is 11.5 Å². The Kier molecular flexibility index (Phi) is 4.33. The molecule has 0 aliphatic carbocycles. The molecule has 0 fully saturated rings. The second kappa shape index (κ2) is 5.74. The third-order valence-corrected chi connectivity index (χ3v) is 2.02. The van der Waals surface area contributed by atoms with Crippen molar-refractivity contribution in [2.45, 2.75) is 6.42 Å². The van der Waals surface area contributed by atoms with Gasteiger partial charge in [-0.05, 0) is 12.1 Å². The molecule has 0 atom stereocenters. The molecular formula is C11H13NO5. The van der Waals surface area contributed by atoms with Gasteiger partial charge in [-0.1, -0.05) is 6.07 Å². The van der Waals surface area contributed by atoms with E-state index in [4.69, 9.17) is 20.3 Å². The minimum absolute atomic E-state index is 0.00991. The van der Waals surface area contributed by atoms with Gasteiger partial charge in [-0.3, -0.25) is 4.79 Å². The lowest BCUT2D eigenvalue weighted by molar-refractivity contribution is -0.118. The average molecular weight is 239 g/mol. The molecule has 0 spiro atoms. The Morgan fingerprint density at radius 3 is 2.65 bits per heavy atom. The Balaban J connectivity index is 2.93. The molecule has 0 unspecified atom stereocenters. The molecule has 6 nitrogen and oxygen atoms in total. The van der Waals surface area contributed by atoms with Gasteiger partial charge in [0.2, 0.25) is 5.91 Å². The fraction of sp³-hybridized carbons (Fsp3) is 0.273. The molecule has 1 aromatic carbocycles. The van der Waals surface area contributed by atoms with Gasteiger partial charge in [0.25, 0.3) is 0 Å². The first-order chi connectivity index (χ1) is 8.06. The third-order valence-electron chi connectivity index (χ3n) is 2.02. The average Bonchev–Trinajstić information content (AvgIpc) is 2.28. The SMILES string of the molecule is COc1cccc(C(=O)O)c1OCCC(N)=O. The van der Waals surface area contributed by atoms with Crippen LogP contribution in [0.1, 0.15) is 16.8 Å². The van der Waals surface area contributed by atoms with E-state index in [-0.39, 0.29) is 24.3 Å². The lowest BCUT2D eigenvalue weighted by Gasteiger charge is -2.12. The molecule has 0 bridgehead atoms. The fourth-order valence-electron chi connectivity index (χ4n) is 1.25. The summed E-state index contributed by atoms with van der Waals surface area (Å²) >= 11 is 0. The fourth-order valence-corrected chi connectivity index (χ4v) is 1.25. The number of amides is 1. The number of nitrogens with two attached hydrogens (primary N) is 1. The van der Waals surface area contributed by atoms with Crippen LogP contribution in [0, 0.1) is 0 Å². The first-order valence-corrected chi connectivity index (χ1v) is 4.87. The Bertz CT molecular complexity index is 430. The Hall–Kier alpha value is -2.24. The molecule has 0 aromatic heterocycles. The molecule has 1 amide bonds. The van der Waals surface area contributed by atoms with Crippen LogP contribution in [0.5, 0.6) is 11.5 Å². The second-order valence-corrected chi connectivity index (χ2v) is 3.21. The molecule has 1 aromatic rings. The van der Waals surface area contributed by atoms with Crippen molar-refractivity contribution in [3.05, 3.63) is 23.8 Å². The van der Waals surface area contributed by atoms with Gasteiger partial charge in [-0.15, -0.1) is 0 Å². The Labute approximate surface area is 97.9 Å². The standard InChI is InChI=1S/C11H13NO5/c1-16-8-4-2-3-7(11(14)15)10(8)17-6-5-9(12)13/h2-4H,5-6H2,1H3,(H2,12,13)(H,14,15). The molecule has 0 saturated heterocycles. The molecule has 0 radical (unpaired) electrons. The quantitative estimate of drug-likeness (QED) is 0.759. The minimum Gasteiger partial charge on any atom is -0.493 e. The van der Waals surface area contributed by atoms with Crippen molar-refractivity contribution in [1.82, 2.24) is 0 Å². The number of para-hydroxylation sites is 1. The topological polar surface area (TPSA) is 98.8 Å². The third kappa shape index (κ3) is 3.37. The molecule has 0 aliphatic heterocycles. The van der Waals surface area contributed by atoms with Crippen molar-refractivity contribution in [2.75, 3.05) is 13.7 Å². The molecular weight excluding hydrogens is 226 g/mol. The molecule has 17 heavy (non-hydrogen) atoms. The number of primary amides is 1. The highest BCUT2D eigenvalue weighted by atomic mass is 16.5. The minimum atomic E-state index is -1.13. The van der Waals surface area contributed by atoms with E-state index >= 15 is 0 Å². The van der Waals surface area contributed by atoms with E-state index in [9.17, 15) is 9.59 Å². The van der Waals surface area contributed by atoms with Gasteiger partial charge in [0.05, 0.1) is 20.1 Å². The van der Waals surface area contributed by atoms with E-state index in [1.54, 1.807) is 12.1 Å². The van der Waals surface area contributed by atoms with Crippen LogP contribution in [-0.4, -0.2) is 30.7 Å². The van der Waals surface area contributed by atoms with Crippen molar-refractivity contribution in [2.24, 2.45) is 5.73 Å². The zero-order valence-electron chi connectivity index (χ0n) is 9.30. The summed E-state index contributed by atoms with van der Waals surface area (Å²) in [4.78, 5) is 21.5. The number of benzene rings is 1. The molecule has 6 heteroatoms. The second-order valence-electron chi connectivity index (χ2n) is 3.21. The van der Waals surface area contributed by atoms with E-state index in [1.807, 2.05) is 0 Å². The van der Waals surface area contributed by atoms with E-state index in [0.717, 1.165) is 0 Å². The van der Waals surface area contributed by atoms with Crippen molar-refractivity contribution in [1.29, 1.82) is 0 Å². The molecule has 3 N–H and O–H groups in total. The number of hydrogen-bond acceptors (Lipinski definition) is 4. The maximum atomic E-state index is 11.0. The van der Waals surface area contributed by atoms with Crippen molar-refractivity contribution >= 4 is 11.9 Å². The number of carboxylic acids is 1. The van der Waals surface area contributed by atoms with Crippen LogP contribution < -0.4 is 15.2 Å². The van der Waals surface area contributed by atoms with Crippen LogP contribution in [0.25, 0.3) is 0 Å². The highest BCUT2D eigenvalue weighted by molar-refractivity contribution is 5.92. The van der Waals surface area contributed by atoms with E-state index in [0.29, 0.717) is 5.75 Å². The Morgan fingerprint density at radius 2 is 2.12 bits per heavy atom. The van der Waals surface area contributed by atoms with Gasteiger partial charge in [-0.25, -0.2) is 4.79 Å². The molecule has 0 saturated carbocycles. The van der Waals surface area contributed by atoms with Crippen LogP contribution >= 0.6 is 0 Å². The van der Waals surface area contributed by atoms with Crippen LogP contribution in [0.15, 0.2) is 18.2 Å². The zero-order chi connectivity index (χ0) is 12.8. The zero-order valence-corrected chi connectivity index (χ0v) is 9.30. The number of carbonyl (C=O) groups excluding carboxylic acids is 1. The first kappa shape index (κ1) is 12.8.